The van der Waals surface area contributed by atoms with Crippen LogP contribution in [-0.2, 0) is 9.59 Å². The number of hydrogen-bond donors (Lipinski definition) is 3. The number of allylic oxidation sites excluding steroid dienone is 1. The zero-order valence-electron chi connectivity index (χ0n) is 23.8. The molecule has 0 saturated heterocycles. The number of aliphatic hydroxyl groups is 2. The first-order valence-corrected chi connectivity index (χ1v) is 14.7. The minimum absolute atomic E-state index is 0.0257. The molecule has 3 N–H and O–H groups in total. The summed E-state index contributed by atoms with van der Waals surface area (Å²) in [5.74, 6) is -1.03. The lowest BCUT2D eigenvalue weighted by Gasteiger charge is -2.36. The summed E-state index contributed by atoms with van der Waals surface area (Å²) in [6.07, 6.45) is 7.73. The average Bonchev–Trinajstić information content (AvgIpc) is 3.24. The Kier molecular flexibility index (Phi) is 12.2. The maximum absolute atomic E-state index is 13.7. The van der Waals surface area contributed by atoms with Crippen molar-refractivity contribution in [1.82, 2.24) is 10.3 Å². The van der Waals surface area contributed by atoms with Crippen molar-refractivity contribution in [3.8, 4) is 0 Å². The maximum Gasteiger partial charge on any atom is 0.223 e. The largest absolute Gasteiger partial charge is 0.392 e. The molecule has 0 aliphatic carbocycles. The zero-order valence-corrected chi connectivity index (χ0v) is 24.7. The molecule has 0 saturated carbocycles. The molecule has 0 radical (unpaired) electrons. The van der Waals surface area contributed by atoms with Gasteiger partial charge in [-0.2, -0.15) is 0 Å². The number of nitrogens with zero attached hydrogens (tertiary/aromatic N) is 1. The zero-order chi connectivity index (χ0) is 27.8. The summed E-state index contributed by atoms with van der Waals surface area (Å²) < 4.78 is 0. The number of ketones is 1. The number of rotatable bonds is 5. The van der Waals surface area contributed by atoms with Gasteiger partial charge in [0.05, 0.1) is 40.8 Å². The van der Waals surface area contributed by atoms with Crippen molar-refractivity contribution in [3.63, 3.8) is 0 Å². The van der Waals surface area contributed by atoms with Crippen LogP contribution in [0.25, 0.3) is 6.08 Å². The van der Waals surface area contributed by atoms with Crippen molar-refractivity contribution in [2.24, 2.45) is 17.3 Å². The van der Waals surface area contributed by atoms with E-state index in [9.17, 15) is 19.8 Å². The number of aromatic nitrogens is 1. The number of hydrogen-bond acceptors (Lipinski definition) is 6. The third-order valence-corrected chi connectivity index (χ3v) is 8.67. The number of Topliss-reactive ketones (excluding diaryl/α,β-unsaturated/α-hetero) is 1. The maximum atomic E-state index is 13.7. The Morgan fingerprint density at radius 1 is 1.27 bits per heavy atom. The number of carbonyl (C=O) groups excluding carboxylic acids is 2. The lowest BCUT2D eigenvalue weighted by atomic mass is 9.71. The second-order valence-corrected chi connectivity index (χ2v) is 12.6. The molecule has 1 aromatic heterocycles. The number of carbonyl (C=O) groups is 2. The van der Waals surface area contributed by atoms with Crippen LogP contribution in [0.15, 0.2) is 22.6 Å². The Hall–Kier alpha value is -1.83. The second kappa shape index (κ2) is 14.4. The van der Waals surface area contributed by atoms with Crippen molar-refractivity contribution < 1.29 is 19.8 Å². The fourth-order valence-corrected chi connectivity index (χ4v) is 5.61. The molecule has 1 aromatic rings. The number of amides is 1. The molecule has 0 aromatic carbocycles. The standard InChI is InChI=1S/C30H48N2O4S/c1-8-9-13-24-28(35)20(3)12-10-11-19(2)14-15-25(21(4)16-23-18-37-22(5)31-23)32-27(34)17-26(33)30(6,7)29(24)36/h14,16,18,20,24-26,28,33,35H,8-13,15,17H2,1-7H3,(H,32,34)/b19-14-,21-16+/t20-,24+,25-,26-,28-/m0/s1. The van der Waals surface area contributed by atoms with E-state index in [1.807, 2.05) is 32.2 Å². The molecule has 1 aliphatic heterocycles. The molecule has 37 heavy (non-hydrogen) atoms. The number of aryl methyl sites for hydroxylation is 1. The van der Waals surface area contributed by atoms with E-state index in [-0.39, 0.29) is 30.1 Å². The minimum atomic E-state index is -1.15. The highest BCUT2D eigenvalue weighted by atomic mass is 32.1. The quantitative estimate of drug-likeness (QED) is 0.403. The molecule has 208 valence electrons. The summed E-state index contributed by atoms with van der Waals surface area (Å²) in [5, 5.41) is 28.4. The van der Waals surface area contributed by atoms with Crippen LogP contribution in [0.2, 0.25) is 0 Å². The van der Waals surface area contributed by atoms with Gasteiger partial charge in [0.15, 0.2) is 0 Å². The molecular formula is C30H48N2O4S. The van der Waals surface area contributed by atoms with Crippen LogP contribution in [-0.4, -0.2) is 45.1 Å². The first-order valence-electron chi connectivity index (χ1n) is 13.8. The van der Waals surface area contributed by atoms with Gasteiger partial charge < -0.3 is 15.5 Å². The monoisotopic (exact) mass is 532 g/mol. The van der Waals surface area contributed by atoms with Crippen LogP contribution in [0.1, 0.15) is 104 Å². The normalized spacial score (nSPS) is 30.5. The highest BCUT2D eigenvalue weighted by Gasteiger charge is 2.43. The molecule has 2 rings (SSSR count). The van der Waals surface area contributed by atoms with Gasteiger partial charge in [-0.05, 0) is 70.4 Å². The number of nitrogens with one attached hydrogen (secondary N) is 1. The number of aliphatic hydroxyl groups excluding tert-OH is 2. The summed E-state index contributed by atoms with van der Waals surface area (Å²) in [4.78, 5) is 31.3. The van der Waals surface area contributed by atoms with Gasteiger partial charge in [-0.15, -0.1) is 11.3 Å². The average molecular weight is 533 g/mol. The van der Waals surface area contributed by atoms with Gasteiger partial charge in [-0.1, -0.05) is 52.2 Å². The minimum Gasteiger partial charge on any atom is -0.392 e. The molecule has 0 spiro atoms. The van der Waals surface area contributed by atoms with Crippen molar-refractivity contribution >= 4 is 29.1 Å². The molecule has 1 aliphatic rings. The van der Waals surface area contributed by atoms with Crippen LogP contribution < -0.4 is 5.32 Å². The van der Waals surface area contributed by atoms with E-state index in [0.717, 1.165) is 48.4 Å². The van der Waals surface area contributed by atoms with Gasteiger partial charge in [0.1, 0.15) is 5.78 Å². The van der Waals surface area contributed by atoms with Crippen LogP contribution in [0.4, 0.5) is 0 Å². The summed E-state index contributed by atoms with van der Waals surface area (Å²) in [5.41, 5.74) is 1.96. The highest BCUT2D eigenvalue weighted by Crippen LogP contribution is 2.34. The van der Waals surface area contributed by atoms with Crippen LogP contribution in [0, 0.1) is 24.2 Å². The molecular weight excluding hydrogens is 484 g/mol. The van der Waals surface area contributed by atoms with Gasteiger partial charge in [0, 0.05) is 11.3 Å². The molecule has 0 unspecified atom stereocenters. The smallest absolute Gasteiger partial charge is 0.223 e. The van der Waals surface area contributed by atoms with E-state index in [1.165, 1.54) is 5.57 Å². The Balaban J connectivity index is 2.36. The summed E-state index contributed by atoms with van der Waals surface area (Å²) in [7, 11) is 0. The van der Waals surface area contributed by atoms with Crippen LogP contribution in [0.3, 0.4) is 0 Å². The Bertz CT molecular complexity index is 965. The number of thiazole rings is 1. The Morgan fingerprint density at radius 2 is 1.97 bits per heavy atom. The van der Waals surface area contributed by atoms with Gasteiger partial charge >= 0.3 is 0 Å². The van der Waals surface area contributed by atoms with E-state index >= 15 is 0 Å². The molecule has 0 fully saturated rings. The van der Waals surface area contributed by atoms with Gasteiger partial charge in [0.25, 0.3) is 0 Å². The Labute approximate surface area is 227 Å². The van der Waals surface area contributed by atoms with Crippen molar-refractivity contribution in [1.29, 1.82) is 0 Å². The molecule has 5 atom stereocenters. The molecule has 0 bridgehead atoms. The Morgan fingerprint density at radius 3 is 2.59 bits per heavy atom. The topological polar surface area (TPSA) is 99.5 Å². The summed E-state index contributed by atoms with van der Waals surface area (Å²) in [6, 6.07) is -0.235. The number of unbranched alkanes of at least 4 members (excludes halogenated alkanes) is 1. The third-order valence-electron chi connectivity index (χ3n) is 7.88. The lowest BCUT2D eigenvalue weighted by Crippen LogP contribution is -2.48. The van der Waals surface area contributed by atoms with E-state index in [2.05, 4.69) is 30.2 Å². The van der Waals surface area contributed by atoms with Crippen LogP contribution in [0.5, 0.6) is 0 Å². The predicted octanol–water partition coefficient (Wildman–Crippen LogP) is 6.01. The van der Waals surface area contributed by atoms with E-state index in [1.54, 1.807) is 25.2 Å². The molecule has 6 nitrogen and oxygen atoms in total. The second-order valence-electron chi connectivity index (χ2n) is 11.5. The predicted molar refractivity (Wildman–Crippen MR) is 152 cm³/mol. The highest BCUT2D eigenvalue weighted by molar-refractivity contribution is 7.09. The fraction of sp³-hybridized carbons (Fsp3) is 0.700. The van der Waals surface area contributed by atoms with Gasteiger partial charge in [0.2, 0.25) is 5.91 Å². The first-order chi connectivity index (χ1) is 17.4. The molecule has 1 amide bonds. The first kappa shape index (κ1) is 31.4. The van der Waals surface area contributed by atoms with Crippen molar-refractivity contribution in [2.45, 2.75) is 118 Å². The van der Waals surface area contributed by atoms with E-state index in [0.29, 0.717) is 12.8 Å². The van der Waals surface area contributed by atoms with E-state index in [4.69, 9.17) is 0 Å². The van der Waals surface area contributed by atoms with Crippen LogP contribution >= 0.6 is 11.3 Å². The van der Waals surface area contributed by atoms with Crippen molar-refractivity contribution in [2.75, 3.05) is 0 Å². The van der Waals surface area contributed by atoms with Gasteiger partial charge in [-0.3, -0.25) is 9.59 Å². The van der Waals surface area contributed by atoms with E-state index < -0.39 is 23.5 Å². The van der Waals surface area contributed by atoms with Crippen molar-refractivity contribution in [3.05, 3.63) is 33.3 Å². The fourth-order valence-electron chi connectivity index (χ4n) is 5.04. The lowest BCUT2D eigenvalue weighted by molar-refractivity contribution is -0.144. The molecule has 7 heteroatoms. The third kappa shape index (κ3) is 9.15. The SMILES string of the molecule is CCCC[C@H]1C(=O)C(C)(C)[C@@H](O)CC(=O)N[C@H](/C(C)=C/c2csc(C)n2)C/C=C(/C)CCC[C@H](C)[C@@H]1O. The summed E-state index contributed by atoms with van der Waals surface area (Å²) >= 11 is 1.59. The van der Waals surface area contributed by atoms with Gasteiger partial charge in [-0.25, -0.2) is 4.98 Å². The molecule has 2 heterocycles. The summed E-state index contributed by atoms with van der Waals surface area (Å²) in [6.45, 7) is 13.5.